The SMILES string of the molecule is Cc1cc(C)cc(C(C#N)NC2CC2)c1. The van der Waals surface area contributed by atoms with Crippen molar-refractivity contribution in [2.75, 3.05) is 0 Å². The van der Waals surface area contributed by atoms with E-state index < -0.39 is 0 Å². The zero-order valence-electron chi connectivity index (χ0n) is 9.25. The van der Waals surface area contributed by atoms with Crippen molar-refractivity contribution in [3.05, 3.63) is 34.9 Å². The molecule has 1 N–H and O–H groups in total. The normalized spacial score (nSPS) is 17.1. The van der Waals surface area contributed by atoms with Gasteiger partial charge < -0.3 is 0 Å². The van der Waals surface area contributed by atoms with E-state index in [1.807, 2.05) is 0 Å². The molecule has 2 nitrogen and oxygen atoms in total. The summed E-state index contributed by atoms with van der Waals surface area (Å²) in [5, 5.41) is 12.5. The van der Waals surface area contributed by atoms with Crippen LogP contribution in [0.4, 0.5) is 0 Å². The van der Waals surface area contributed by atoms with Gasteiger partial charge in [0, 0.05) is 6.04 Å². The molecule has 2 heteroatoms. The fraction of sp³-hybridized carbons (Fsp3) is 0.462. The Kier molecular flexibility index (Phi) is 2.75. The minimum Gasteiger partial charge on any atom is -0.295 e. The second kappa shape index (κ2) is 4.04. The first kappa shape index (κ1) is 10.2. The van der Waals surface area contributed by atoms with E-state index >= 15 is 0 Å². The Bertz CT molecular complexity index is 379. The minimum atomic E-state index is -0.143. The lowest BCUT2D eigenvalue weighted by atomic mass is 10.0. The molecular formula is C13H16N2. The van der Waals surface area contributed by atoms with E-state index in [-0.39, 0.29) is 6.04 Å². The van der Waals surface area contributed by atoms with Gasteiger partial charge in [-0.1, -0.05) is 29.3 Å². The quantitative estimate of drug-likeness (QED) is 0.814. The first-order valence-electron chi connectivity index (χ1n) is 5.43. The molecular weight excluding hydrogens is 184 g/mol. The van der Waals surface area contributed by atoms with Crippen LogP contribution in [-0.4, -0.2) is 6.04 Å². The van der Waals surface area contributed by atoms with Crippen LogP contribution in [0.5, 0.6) is 0 Å². The van der Waals surface area contributed by atoms with Gasteiger partial charge in [0.25, 0.3) is 0 Å². The molecule has 0 aliphatic heterocycles. The van der Waals surface area contributed by atoms with Gasteiger partial charge in [-0.05, 0) is 32.3 Å². The van der Waals surface area contributed by atoms with E-state index in [2.05, 4.69) is 43.4 Å². The molecule has 15 heavy (non-hydrogen) atoms. The maximum atomic E-state index is 9.13. The molecule has 2 rings (SSSR count). The van der Waals surface area contributed by atoms with Gasteiger partial charge >= 0.3 is 0 Å². The van der Waals surface area contributed by atoms with E-state index in [9.17, 15) is 0 Å². The van der Waals surface area contributed by atoms with Crippen molar-refractivity contribution >= 4 is 0 Å². The molecule has 1 fully saturated rings. The summed E-state index contributed by atoms with van der Waals surface area (Å²) in [7, 11) is 0. The molecule has 0 radical (unpaired) electrons. The standard InChI is InChI=1S/C13H16N2/c1-9-5-10(2)7-11(6-9)13(8-14)15-12-3-4-12/h5-7,12-13,15H,3-4H2,1-2H3. The molecule has 1 atom stereocenters. The third kappa shape index (κ3) is 2.57. The summed E-state index contributed by atoms with van der Waals surface area (Å²) < 4.78 is 0. The van der Waals surface area contributed by atoms with Gasteiger partial charge in [-0.3, -0.25) is 5.32 Å². The van der Waals surface area contributed by atoms with Gasteiger partial charge in [-0.15, -0.1) is 0 Å². The summed E-state index contributed by atoms with van der Waals surface area (Å²) in [5.74, 6) is 0. The summed E-state index contributed by atoms with van der Waals surface area (Å²) in [6.45, 7) is 4.14. The number of aryl methyl sites for hydroxylation is 2. The van der Waals surface area contributed by atoms with Crippen LogP contribution in [0.1, 0.15) is 35.6 Å². The van der Waals surface area contributed by atoms with Gasteiger partial charge in [0.05, 0.1) is 6.07 Å². The number of hydrogen-bond donors (Lipinski definition) is 1. The van der Waals surface area contributed by atoms with Crippen LogP contribution >= 0.6 is 0 Å². The Morgan fingerprint density at radius 3 is 2.33 bits per heavy atom. The van der Waals surface area contributed by atoms with Gasteiger partial charge in [0.2, 0.25) is 0 Å². The van der Waals surface area contributed by atoms with Crippen LogP contribution in [0, 0.1) is 25.2 Å². The summed E-state index contributed by atoms with van der Waals surface area (Å²) >= 11 is 0. The Hall–Kier alpha value is -1.33. The summed E-state index contributed by atoms with van der Waals surface area (Å²) in [6.07, 6.45) is 2.42. The molecule has 78 valence electrons. The summed E-state index contributed by atoms with van der Waals surface area (Å²) in [6, 6.07) is 9.08. The predicted molar refractivity (Wildman–Crippen MR) is 60.4 cm³/mol. The third-order valence-electron chi connectivity index (χ3n) is 2.69. The number of nitrogens with one attached hydrogen (secondary N) is 1. The van der Waals surface area contributed by atoms with Crippen molar-refractivity contribution in [1.82, 2.24) is 5.32 Å². The molecule has 1 aromatic rings. The number of rotatable bonds is 3. The van der Waals surface area contributed by atoms with Crippen LogP contribution in [0.3, 0.4) is 0 Å². The van der Waals surface area contributed by atoms with E-state index in [0.29, 0.717) is 6.04 Å². The zero-order chi connectivity index (χ0) is 10.8. The molecule has 1 aromatic carbocycles. The summed E-state index contributed by atoms with van der Waals surface area (Å²) in [4.78, 5) is 0. The topological polar surface area (TPSA) is 35.8 Å². The van der Waals surface area contributed by atoms with Crippen molar-refractivity contribution in [2.45, 2.75) is 38.8 Å². The lowest BCUT2D eigenvalue weighted by molar-refractivity contribution is 0.625. The number of nitrogens with zero attached hydrogens (tertiary/aromatic N) is 1. The first-order chi connectivity index (χ1) is 7.19. The smallest absolute Gasteiger partial charge is 0.121 e. The fourth-order valence-electron chi connectivity index (χ4n) is 1.87. The second-order valence-corrected chi connectivity index (χ2v) is 4.42. The highest BCUT2D eigenvalue weighted by atomic mass is 15.0. The van der Waals surface area contributed by atoms with E-state index in [1.54, 1.807) is 0 Å². The van der Waals surface area contributed by atoms with Crippen LogP contribution in [-0.2, 0) is 0 Å². The zero-order valence-corrected chi connectivity index (χ0v) is 9.25. The molecule has 1 aliphatic rings. The molecule has 0 bridgehead atoms. The van der Waals surface area contributed by atoms with Gasteiger partial charge in [-0.25, -0.2) is 0 Å². The molecule has 1 aliphatic carbocycles. The summed E-state index contributed by atoms with van der Waals surface area (Å²) in [5.41, 5.74) is 3.55. The van der Waals surface area contributed by atoms with Crippen molar-refractivity contribution in [3.8, 4) is 6.07 Å². The molecule has 0 saturated heterocycles. The number of benzene rings is 1. The Morgan fingerprint density at radius 1 is 1.27 bits per heavy atom. The maximum Gasteiger partial charge on any atom is 0.121 e. The van der Waals surface area contributed by atoms with Crippen molar-refractivity contribution < 1.29 is 0 Å². The number of nitriles is 1. The third-order valence-corrected chi connectivity index (χ3v) is 2.69. The highest BCUT2D eigenvalue weighted by molar-refractivity contribution is 5.33. The largest absolute Gasteiger partial charge is 0.295 e. The van der Waals surface area contributed by atoms with Crippen LogP contribution in [0.15, 0.2) is 18.2 Å². The molecule has 0 heterocycles. The van der Waals surface area contributed by atoms with Crippen LogP contribution < -0.4 is 5.32 Å². The van der Waals surface area contributed by atoms with Crippen LogP contribution in [0.25, 0.3) is 0 Å². The van der Waals surface area contributed by atoms with Crippen molar-refractivity contribution in [3.63, 3.8) is 0 Å². The molecule has 0 aromatic heterocycles. The van der Waals surface area contributed by atoms with Gasteiger partial charge in [-0.2, -0.15) is 5.26 Å². The fourth-order valence-corrected chi connectivity index (χ4v) is 1.87. The van der Waals surface area contributed by atoms with E-state index in [1.165, 1.54) is 24.0 Å². The lowest BCUT2D eigenvalue weighted by Crippen LogP contribution is -2.22. The van der Waals surface area contributed by atoms with Gasteiger partial charge in [0.15, 0.2) is 0 Å². The Morgan fingerprint density at radius 2 is 1.87 bits per heavy atom. The molecule has 1 unspecified atom stereocenters. The van der Waals surface area contributed by atoms with E-state index in [0.717, 1.165) is 5.56 Å². The highest BCUT2D eigenvalue weighted by Gasteiger charge is 2.25. The van der Waals surface area contributed by atoms with Crippen molar-refractivity contribution in [2.24, 2.45) is 0 Å². The highest BCUT2D eigenvalue weighted by Crippen LogP contribution is 2.24. The monoisotopic (exact) mass is 200 g/mol. The molecule has 1 saturated carbocycles. The average Bonchev–Trinajstić information content (AvgIpc) is 2.96. The molecule has 0 amide bonds. The maximum absolute atomic E-state index is 9.13. The average molecular weight is 200 g/mol. The first-order valence-corrected chi connectivity index (χ1v) is 5.43. The predicted octanol–water partition coefficient (Wildman–Crippen LogP) is 2.62. The van der Waals surface area contributed by atoms with E-state index in [4.69, 9.17) is 5.26 Å². The van der Waals surface area contributed by atoms with Gasteiger partial charge in [0.1, 0.15) is 6.04 Å². The minimum absolute atomic E-state index is 0.143. The number of hydrogen-bond acceptors (Lipinski definition) is 2. The Balaban J connectivity index is 2.21. The Labute approximate surface area is 90.9 Å². The second-order valence-electron chi connectivity index (χ2n) is 4.42. The molecule has 0 spiro atoms. The van der Waals surface area contributed by atoms with Crippen LogP contribution in [0.2, 0.25) is 0 Å². The van der Waals surface area contributed by atoms with Crippen molar-refractivity contribution in [1.29, 1.82) is 5.26 Å². The lowest BCUT2D eigenvalue weighted by Gasteiger charge is -2.12.